The zero-order chi connectivity index (χ0) is 11.4. The molecule has 0 radical (unpaired) electrons. The average molecular weight is 259 g/mol. The minimum absolute atomic E-state index is 0.463. The molecule has 3 nitrogen and oxygen atoms in total. The quantitative estimate of drug-likeness (QED) is 0.902. The van der Waals surface area contributed by atoms with E-state index in [1.54, 1.807) is 12.1 Å². The molecule has 1 aliphatic rings. The van der Waals surface area contributed by atoms with Crippen molar-refractivity contribution >= 4 is 29.0 Å². The third-order valence-corrected chi connectivity index (χ3v) is 3.06. The van der Waals surface area contributed by atoms with Gasteiger partial charge in [0, 0.05) is 13.0 Å². The largest absolute Gasteiger partial charge is 0.492 e. The predicted molar refractivity (Wildman–Crippen MR) is 66.9 cm³/mol. The van der Waals surface area contributed by atoms with Gasteiger partial charge in [0.2, 0.25) is 0 Å². The zero-order valence-corrected chi connectivity index (χ0v) is 10.2. The van der Waals surface area contributed by atoms with Gasteiger partial charge in [0.05, 0.1) is 24.0 Å². The highest BCUT2D eigenvalue weighted by atomic mass is 35.5. The SMILES string of the molecule is Clc1cccc(OCCC2=NCCN2)c1Cl. The predicted octanol–water partition coefficient (Wildman–Crippen LogP) is 2.76. The minimum atomic E-state index is 0.463. The number of aliphatic imine (C=N–C) groups is 1. The first-order valence-electron chi connectivity index (χ1n) is 5.11. The van der Waals surface area contributed by atoms with Crippen molar-refractivity contribution in [2.24, 2.45) is 4.99 Å². The van der Waals surface area contributed by atoms with Crippen LogP contribution in [-0.4, -0.2) is 25.5 Å². The van der Waals surface area contributed by atoms with Crippen LogP contribution in [0.1, 0.15) is 6.42 Å². The maximum atomic E-state index is 5.99. The molecule has 0 bridgehead atoms. The van der Waals surface area contributed by atoms with Gasteiger partial charge in [-0.05, 0) is 12.1 Å². The number of ether oxygens (including phenoxy) is 1. The van der Waals surface area contributed by atoms with Crippen LogP contribution >= 0.6 is 23.2 Å². The first-order chi connectivity index (χ1) is 7.77. The molecule has 0 saturated carbocycles. The fraction of sp³-hybridized carbons (Fsp3) is 0.364. The number of hydrogen-bond acceptors (Lipinski definition) is 3. The molecule has 5 heteroatoms. The first-order valence-corrected chi connectivity index (χ1v) is 5.87. The molecule has 1 aliphatic heterocycles. The van der Waals surface area contributed by atoms with E-state index in [1.165, 1.54) is 0 Å². The van der Waals surface area contributed by atoms with Gasteiger partial charge in [-0.25, -0.2) is 0 Å². The van der Waals surface area contributed by atoms with Crippen LogP contribution in [-0.2, 0) is 0 Å². The number of hydrogen-bond donors (Lipinski definition) is 1. The normalized spacial score (nSPS) is 14.5. The van der Waals surface area contributed by atoms with Gasteiger partial charge >= 0.3 is 0 Å². The Morgan fingerprint density at radius 2 is 2.25 bits per heavy atom. The summed E-state index contributed by atoms with van der Waals surface area (Å²) in [6.45, 7) is 2.33. The smallest absolute Gasteiger partial charge is 0.139 e. The summed E-state index contributed by atoms with van der Waals surface area (Å²) in [7, 11) is 0. The molecular formula is C11H12Cl2N2O. The van der Waals surface area contributed by atoms with Crippen molar-refractivity contribution < 1.29 is 4.74 Å². The van der Waals surface area contributed by atoms with Crippen molar-refractivity contribution in [1.82, 2.24) is 5.32 Å². The van der Waals surface area contributed by atoms with Crippen molar-refractivity contribution in [3.05, 3.63) is 28.2 Å². The maximum Gasteiger partial charge on any atom is 0.139 e. The summed E-state index contributed by atoms with van der Waals surface area (Å²) >= 11 is 11.9. The van der Waals surface area contributed by atoms with Crippen molar-refractivity contribution in [2.45, 2.75) is 6.42 Å². The monoisotopic (exact) mass is 258 g/mol. The van der Waals surface area contributed by atoms with Gasteiger partial charge in [-0.15, -0.1) is 0 Å². The number of rotatable bonds is 4. The van der Waals surface area contributed by atoms with Gasteiger partial charge in [0.25, 0.3) is 0 Å². The second-order valence-electron chi connectivity index (χ2n) is 3.41. The van der Waals surface area contributed by atoms with Gasteiger partial charge in [-0.3, -0.25) is 4.99 Å². The minimum Gasteiger partial charge on any atom is -0.492 e. The fourth-order valence-corrected chi connectivity index (χ4v) is 1.81. The van der Waals surface area contributed by atoms with E-state index in [0.29, 0.717) is 22.4 Å². The second-order valence-corrected chi connectivity index (χ2v) is 4.19. The summed E-state index contributed by atoms with van der Waals surface area (Å²) in [6.07, 6.45) is 0.767. The van der Waals surface area contributed by atoms with Gasteiger partial charge in [-0.2, -0.15) is 0 Å². The molecular weight excluding hydrogens is 247 g/mol. The lowest BCUT2D eigenvalue weighted by molar-refractivity contribution is 0.328. The molecule has 1 heterocycles. The van der Waals surface area contributed by atoms with E-state index in [2.05, 4.69) is 10.3 Å². The molecule has 0 unspecified atom stereocenters. The molecule has 0 aromatic heterocycles. The topological polar surface area (TPSA) is 33.6 Å². The average Bonchev–Trinajstić information content (AvgIpc) is 2.77. The van der Waals surface area contributed by atoms with Gasteiger partial charge in [-0.1, -0.05) is 29.3 Å². The van der Waals surface area contributed by atoms with Crippen molar-refractivity contribution in [1.29, 1.82) is 0 Å². The Morgan fingerprint density at radius 3 is 3.00 bits per heavy atom. The molecule has 1 N–H and O–H groups in total. The molecule has 2 rings (SSSR count). The molecule has 0 fully saturated rings. The fourth-order valence-electron chi connectivity index (χ4n) is 1.47. The second kappa shape index (κ2) is 5.41. The third kappa shape index (κ3) is 2.80. The van der Waals surface area contributed by atoms with E-state index < -0.39 is 0 Å². The standard InChI is InChI=1S/C11H12Cl2N2O/c12-8-2-1-3-9(11(8)13)16-7-4-10-14-5-6-15-10/h1-3H,4-7H2,(H,14,15). The Bertz CT molecular complexity index is 407. The molecule has 1 aromatic rings. The Hall–Kier alpha value is -0.930. The summed E-state index contributed by atoms with van der Waals surface area (Å²) in [5.41, 5.74) is 0. The Labute approximate surface area is 104 Å². The summed E-state index contributed by atoms with van der Waals surface area (Å²) in [5, 5.41) is 4.15. The Kier molecular flexibility index (Phi) is 3.91. The van der Waals surface area contributed by atoms with E-state index in [4.69, 9.17) is 27.9 Å². The lowest BCUT2D eigenvalue weighted by Crippen LogP contribution is -2.20. The maximum absolute atomic E-state index is 5.99. The molecule has 0 saturated heterocycles. The number of nitrogens with one attached hydrogen (secondary N) is 1. The van der Waals surface area contributed by atoms with Crippen LogP contribution in [0.15, 0.2) is 23.2 Å². The van der Waals surface area contributed by atoms with E-state index >= 15 is 0 Å². The number of amidine groups is 1. The summed E-state index contributed by atoms with van der Waals surface area (Å²) < 4.78 is 5.54. The van der Waals surface area contributed by atoms with Crippen molar-refractivity contribution in [3.8, 4) is 5.75 Å². The van der Waals surface area contributed by atoms with Gasteiger partial charge in [0.1, 0.15) is 10.8 Å². The van der Waals surface area contributed by atoms with E-state index in [1.807, 2.05) is 6.07 Å². The lowest BCUT2D eigenvalue weighted by Gasteiger charge is -2.08. The number of benzene rings is 1. The van der Waals surface area contributed by atoms with Crippen LogP contribution in [0.25, 0.3) is 0 Å². The van der Waals surface area contributed by atoms with Gasteiger partial charge < -0.3 is 10.1 Å². The van der Waals surface area contributed by atoms with Crippen LogP contribution in [0.3, 0.4) is 0 Å². The van der Waals surface area contributed by atoms with Crippen LogP contribution in [0.2, 0.25) is 10.0 Å². The lowest BCUT2D eigenvalue weighted by atomic mass is 10.3. The van der Waals surface area contributed by atoms with Crippen LogP contribution in [0, 0.1) is 0 Å². The highest BCUT2D eigenvalue weighted by molar-refractivity contribution is 6.42. The first kappa shape index (κ1) is 11.6. The number of halogens is 2. The van der Waals surface area contributed by atoms with Crippen LogP contribution in [0.4, 0.5) is 0 Å². The van der Waals surface area contributed by atoms with E-state index in [9.17, 15) is 0 Å². The molecule has 0 atom stereocenters. The zero-order valence-electron chi connectivity index (χ0n) is 8.67. The molecule has 86 valence electrons. The molecule has 0 amide bonds. The summed E-state index contributed by atoms with van der Waals surface area (Å²) in [6, 6.07) is 5.35. The van der Waals surface area contributed by atoms with E-state index in [0.717, 1.165) is 25.3 Å². The Balaban J connectivity index is 1.87. The van der Waals surface area contributed by atoms with Crippen LogP contribution < -0.4 is 10.1 Å². The molecule has 0 spiro atoms. The van der Waals surface area contributed by atoms with Crippen LogP contribution in [0.5, 0.6) is 5.75 Å². The highest BCUT2D eigenvalue weighted by Crippen LogP contribution is 2.31. The molecule has 1 aromatic carbocycles. The van der Waals surface area contributed by atoms with Gasteiger partial charge in [0.15, 0.2) is 0 Å². The summed E-state index contributed by atoms with van der Waals surface area (Å²) in [5.74, 6) is 1.62. The van der Waals surface area contributed by atoms with Crippen molar-refractivity contribution in [3.63, 3.8) is 0 Å². The molecule has 0 aliphatic carbocycles. The highest BCUT2D eigenvalue weighted by Gasteiger charge is 2.07. The summed E-state index contributed by atoms with van der Waals surface area (Å²) in [4.78, 5) is 4.27. The van der Waals surface area contributed by atoms with Crippen molar-refractivity contribution in [2.75, 3.05) is 19.7 Å². The number of nitrogens with zero attached hydrogens (tertiary/aromatic N) is 1. The van der Waals surface area contributed by atoms with E-state index in [-0.39, 0.29) is 0 Å². The Morgan fingerprint density at radius 1 is 1.38 bits per heavy atom. The third-order valence-electron chi connectivity index (χ3n) is 2.26. The molecule has 16 heavy (non-hydrogen) atoms.